The summed E-state index contributed by atoms with van der Waals surface area (Å²) in [5.74, 6) is 1.92. The number of benzene rings is 1. The molecular formula is C18H21N5O. The predicted octanol–water partition coefficient (Wildman–Crippen LogP) is 2.37. The molecule has 0 atom stereocenters. The van der Waals surface area contributed by atoms with Crippen LogP contribution in [0.4, 0.5) is 11.5 Å². The van der Waals surface area contributed by atoms with Gasteiger partial charge in [-0.3, -0.25) is 0 Å². The molecule has 3 aromatic rings. The third-order valence-corrected chi connectivity index (χ3v) is 4.49. The normalized spacial score (nSPS) is 15.1. The smallest absolute Gasteiger partial charge is 0.154 e. The first-order valence-electron chi connectivity index (χ1n) is 8.19. The Morgan fingerprint density at radius 3 is 2.62 bits per heavy atom. The van der Waals surface area contributed by atoms with E-state index in [2.05, 4.69) is 38.1 Å². The fraction of sp³-hybridized carbons (Fsp3) is 0.333. The summed E-state index contributed by atoms with van der Waals surface area (Å²) in [7, 11) is 1.71. The Labute approximate surface area is 141 Å². The van der Waals surface area contributed by atoms with Crippen LogP contribution in [0.3, 0.4) is 0 Å². The maximum atomic E-state index is 5.33. The first-order chi connectivity index (χ1) is 11.7. The molecule has 1 fully saturated rings. The summed E-state index contributed by atoms with van der Waals surface area (Å²) in [4.78, 5) is 9.33. The van der Waals surface area contributed by atoms with Crippen molar-refractivity contribution in [3.05, 3.63) is 48.4 Å². The molecule has 1 aliphatic heterocycles. The van der Waals surface area contributed by atoms with Crippen molar-refractivity contribution in [2.45, 2.75) is 6.92 Å². The zero-order valence-corrected chi connectivity index (χ0v) is 14.0. The molecule has 6 nitrogen and oxygen atoms in total. The Bertz CT molecular complexity index is 851. The van der Waals surface area contributed by atoms with Crippen molar-refractivity contribution in [2.75, 3.05) is 43.1 Å². The van der Waals surface area contributed by atoms with Gasteiger partial charge in [-0.2, -0.15) is 5.10 Å². The first kappa shape index (κ1) is 14.8. The fourth-order valence-electron chi connectivity index (χ4n) is 3.26. The maximum Gasteiger partial charge on any atom is 0.154 e. The van der Waals surface area contributed by atoms with Crippen molar-refractivity contribution in [3.63, 3.8) is 0 Å². The van der Waals surface area contributed by atoms with E-state index in [0.717, 1.165) is 49.0 Å². The number of nitrogens with zero attached hydrogens (tertiary/aromatic N) is 5. The van der Waals surface area contributed by atoms with E-state index in [-0.39, 0.29) is 0 Å². The lowest BCUT2D eigenvalue weighted by atomic mass is 10.2. The van der Waals surface area contributed by atoms with Gasteiger partial charge in [0.25, 0.3) is 0 Å². The van der Waals surface area contributed by atoms with Crippen LogP contribution in [0.1, 0.15) is 5.69 Å². The van der Waals surface area contributed by atoms with Crippen molar-refractivity contribution in [2.24, 2.45) is 0 Å². The van der Waals surface area contributed by atoms with Gasteiger partial charge in [-0.1, -0.05) is 6.07 Å². The van der Waals surface area contributed by atoms with Gasteiger partial charge in [0.15, 0.2) is 5.82 Å². The number of aromatic nitrogens is 3. The van der Waals surface area contributed by atoms with Crippen LogP contribution in [-0.4, -0.2) is 47.9 Å². The molecule has 4 rings (SSSR count). The van der Waals surface area contributed by atoms with Gasteiger partial charge in [-0.15, -0.1) is 0 Å². The molecule has 0 bridgehead atoms. The second-order valence-electron chi connectivity index (χ2n) is 6.04. The second-order valence-corrected chi connectivity index (χ2v) is 6.04. The van der Waals surface area contributed by atoms with Crippen molar-refractivity contribution >= 4 is 17.0 Å². The number of fused-ring (bicyclic) bond motifs is 1. The number of methoxy groups -OCH3 is 1. The highest BCUT2D eigenvalue weighted by molar-refractivity contribution is 5.69. The van der Waals surface area contributed by atoms with Gasteiger partial charge in [-0.25, -0.2) is 9.50 Å². The lowest BCUT2D eigenvalue weighted by Gasteiger charge is -2.36. The van der Waals surface area contributed by atoms with E-state index < -0.39 is 0 Å². The summed E-state index contributed by atoms with van der Waals surface area (Å²) in [5, 5.41) is 4.48. The van der Waals surface area contributed by atoms with Crippen molar-refractivity contribution in [3.8, 4) is 5.75 Å². The van der Waals surface area contributed by atoms with Crippen LogP contribution in [0.15, 0.2) is 42.7 Å². The Kier molecular flexibility index (Phi) is 3.72. The molecule has 0 radical (unpaired) electrons. The zero-order valence-electron chi connectivity index (χ0n) is 14.0. The number of hydrogen-bond acceptors (Lipinski definition) is 5. The van der Waals surface area contributed by atoms with E-state index in [1.165, 1.54) is 5.69 Å². The summed E-state index contributed by atoms with van der Waals surface area (Å²) in [5.41, 5.74) is 3.30. The minimum Gasteiger partial charge on any atom is -0.497 e. The lowest BCUT2D eigenvalue weighted by molar-refractivity contribution is 0.414. The molecule has 2 aromatic heterocycles. The van der Waals surface area contributed by atoms with E-state index in [0.29, 0.717) is 0 Å². The molecule has 24 heavy (non-hydrogen) atoms. The maximum absolute atomic E-state index is 5.33. The molecule has 6 heteroatoms. The topological polar surface area (TPSA) is 45.9 Å². The van der Waals surface area contributed by atoms with Crippen LogP contribution >= 0.6 is 0 Å². The number of rotatable bonds is 3. The Balaban J connectivity index is 1.53. The fourth-order valence-corrected chi connectivity index (χ4v) is 3.26. The molecule has 0 spiro atoms. The standard InChI is InChI=1S/C18H21N5O/c1-14-12-17-18(19-6-7-23(17)20-14)22-10-8-21(9-11-22)15-4-3-5-16(13-15)24-2/h3-7,12-13H,8-11H2,1-2H3. The molecule has 0 N–H and O–H groups in total. The number of hydrogen-bond donors (Lipinski definition) is 0. The van der Waals surface area contributed by atoms with E-state index in [1.807, 2.05) is 36.0 Å². The van der Waals surface area contributed by atoms with Gasteiger partial charge in [0.05, 0.1) is 12.8 Å². The average molecular weight is 323 g/mol. The highest BCUT2D eigenvalue weighted by Gasteiger charge is 2.20. The summed E-state index contributed by atoms with van der Waals surface area (Å²) in [6.07, 6.45) is 3.72. The van der Waals surface area contributed by atoms with Crippen LogP contribution in [0.2, 0.25) is 0 Å². The van der Waals surface area contributed by atoms with Gasteiger partial charge in [-0.05, 0) is 25.1 Å². The Hall–Kier alpha value is -2.76. The van der Waals surface area contributed by atoms with Crippen LogP contribution < -0.4 is 14.5 Å². The van der Waals surface area contributed by atoms with Crippen molar-refractivity contribution in [1.82, 2.24) is 14.6 Å². The first-order valence-corrected chi connectivity index (χ1v) is 8.19. The summed E-state index contributed by atoms with van der Waals surface area (Å²) < 4.78 is 7.24. The monoisotopic (exact) mass is 323 g/mol. The van der Waals surface area contributed by atoms with Gasteiger partial charge < -0.3 is 14.5 Å². The number of aryl methyl sites for hydroxylation is 1. The van der Waals surface area contributed by atoms with E-state index >= 15 is 0 Å². The summed E-state index contributed by atoms with van der Waals surface area (Å²) in [6.45, 7) is 5.81. The minimum atomic E-state index is 0.899. The van der Waals surface area contributed by atoms with Crippen molar-refractivity contribution < 1.29 is 4.74 Å². The third kappa shape index (κ3) is 2.64. The second kappa shape index (κ2) is 6.03. The molecular weight excluding hydrogens is 302 g/mol. The Morgan fingerprint density at radius 2 is 1.83 bits per heavy atom. The average Bonchev–Trinajstić information content (AvgIpc) is 3.02. The minimum absolute atomic E-state index is 0.899. The zero-order chi connectivity index (χ0) is 16.5. The van der Waals surface area contributed by atoms with Crippen LogP contribution in [-0.2, 0) is 0 Å². The molecule has 1 aromatic carbocycles. The quantitative estimate of drug-likeness (QED) is 0.740. The largest absolute Gasteiger partial charge is 0.497 e. The molecule has 1 aliphatic rings. The van der Waals surface area contributed by atoms with Crippen LogP contribution in [0.25, 0.3) is 5.52 Å². The number of anilines is 2. The van der Waals surface area contributed by atoms with Crippen molar-refractivity contribution in [1.29, 1.82) is 0 Å². The molecule has 0 unspecified atom stereocenters. The van der Waals surface area contributed by atoms with E-state index in [1.54, 1.807) is 7.11 Å². The molecule has 0 amide bonds. The number of ether oxygens (including phenoxy) is 1. The van der Waals surface area contributed by atoms with Gasteiger partial charge in [0.2, 0.25) is 0 Å². The molecule has 0 saturated carbocycles. The predicted molar refractivity (Wildman–Crippen MR) is 95.1 cm³/mol. The third-order valence-electron chi connectivity index (χ3n) is 4.49. The SMILES string of the molecule is COc1cccc(N2CCN(c3nccn4nc(C)cc34)CC2)c1. The van der Waals surface area contributed by atoms with Gasteiger partial charge in [0.1, 0.15) is 11.3 Å². The summed E-state index contributed by atoms with van der Waals surface area (Å²) in [6, 6.07) is 10.3. The number of piperazine rings is 1. The highest BCUT2D eigenvalue weighted by Crippen LogP contribution is 2.25. The summed E-state index contributed by atoms with van der Waals surface area (Å²) >= 11 is 0. The van der Waals surface area contributed by atoms with Crippen LogP contribution in [0, 0.1) is 6.92 Å². The van der Waals surface area contributed by atoms with Gasteiger partial charge in [0, 0.05) is 50.3 Å². The molecule has 0 aliphatic carbocycles. The Morgan fingerprint density at radius 1 is 1.04 bits per heavy atom. The van der Waals surface area contributed by atoms with E-state index in [9.17, 15) is 0 Å². The molecule has 124 valence electrons. The highest BCUT2D eigenvalue weighted by atomic mass is 16.5. The molecule has 3 heterocycles. The van der Waals surface area contributed by atoms with Crippen LogP contribution in [0.5, 0.6) is 5.75 Å². The lowest BCUT2D eigenvalue weighted by Crippen LogP contribution is -2.47. The van der Waals surface area contributed by atoms with E-state index in [4.69, 9.17) is 4.74 Å². The molecule has 1 saturated heterocycles. The van der Waals surface area contributed by atoms with Gasteiger partial charge >= 0.3 is 0 Å².